The van der Waals surface area contributed by atoms with E-state index in [0.717, 1.165) is 31.1 Å². The summed E-state index contributed by atoms with van der Waals surface area (Å²) in [5, 5.41) is 3.23. The van der Waals surface area contributed by atoms with Gasteiger partial charge in [0.2, 0.25) is 0 Å². The van der Waals surface area contributed by atoms with E-state index in [2.05, 4.69) is 34.3 Å². The topological polar surface area (TPSA) is 28.2 Å². The summed E-state index contributed by atoms with van der Waals surface area (Å²) in [6.07, 6.45) is 3.20. The third kappa shape index (κ3) is 1.74. The minimum atomic E-state index is 0.949. The second-order valence-electron chi connectivity index (χ2n) is 3.28. The number of hydrogen-bond donors (Lipinski definition) is 1. The van der Waals surface area contributed by atoms with Crippen LogP contribution in [-0.4, -0.2) is 24.6 Å². The molecule has 1 aliphatic rings. The van der Waals surface area contributed by atoms with Crippen molar-refractivity contribution >= 4 is 11.5 Å². The van der Waals surface area contributed by atoms with Crippen LogP contribution in [0.2, 0.25) is 0 Å². The number of nitrogens with zero attached hydrogens (tertiary/aromatic N) is 2. The zero-order valence-corrected chi connectivity index (χ0v) is 7.95. The Labute approximate surface area is 78.8 Å². The van der Waals surface area contributed by atoms with Crippen molar-refractivity contribution in [2.75, 3.05) is 29.9 Å². The van der Waals surface area contributed by atoms with Crippen molar-refractivity contribution in [3.8, 4) is 0 Å². The monoisotopic (exact) mass is 177 g/mol. The molecule has 1 fully saturated rings. The first-order valence-corrected chi connectivity index (χ1v) is 4.85. The van der Waals surface area contributed by atoms with Crippen molar-refractivity contribution in [3.05, 3.63) is 18.3 Å². The van der Waals surface area contributed by atoms with Crippen LogP contribution in [0.15, 0.2) is 18.3 Å². The van der Waals surface area contributed by atoms with E-state index < -0.39 is 0 Å². The van der Waals surface area contributed by atoms with Crippen molar-refractivity contribution in [2.24, 2.45) is 0 Å². The maximum Gasteiger partial charge on any atom is 0.128 e. The van der Waals surface area contributed by atoms with E-state index >= 15 is 0 Å². The number of aromatic nitrogens is 1. The first kappa shape index (κ1) is 8.35. The molecule has 0 amide bonds. The largest absolute Gasteiger partial charge is 0.384 e. The van der Waals surface area contributed by atoms with Gasteiger partial charge in [0, 0.05) is 19.6 Å². The van der Waals surface area contributed by atoms with Gasteiger partial charge in [-0.15, -0.1) is 0 Å². The van der Waals surface area contributed by atoms with E-state index in [-0.39, 0.29) is 0 Å². The first-order chi connectivity index (χ1) is 6.40. The Bertz CT molecular complexity index is 264. The lowest BCUT2D eigenvalue weighted by molar-refractivity contribution is 0.610. The van der Waals surface area contributed by atoms with Crippen LogP contribution in [0.5, 0.6) is 0 Å². The number of anilines is 2. The minimum absolute atomic E-state index is 0.949. The molecule has 70 valence electrons. The number of pyridine rings is 1. The van der Waals surface area contributed by atoms with Crippen LogP contribution in [0, 0.1) is 0 Å². The SMILES string of the molecule is CCNc1ccc(N2CCC2)nc1. The molecule has 1 saturated heterocycles. The molecule has 13 heavy (non-hydrogen) atoms. The van der Waals surface area contributed by atoms with Gasteiger partial charge in [0.25, 0.3) is 0 Å². The lowest BCUT2D eigenvalue weighted by atomic mass is 10.2. The van der Waals surface area contributed by atoms with Gasteiger partial charge in [-0.1, -0.05) is 0 Å². The summed E-state index contributed by atoms with van der Waals surface area (Å²) in [4.78, 5) is 6.67. The van der Waals surface area contributed by atoms with E-state index in [9.17, 15) is 0 Å². The lowest BCUT2D eigenvalue weighted by Gasteiger charge is -2.31. The molecule has 0 bridgehead atoms. The Hall–Kier alpha value is -1.25. The molecule has 0 aromatic carbocycles. The second-order valence-corrected chi connectivity index (χ2v) is 3.28. The van der Waals surface area contributed by atoms with Gasteiger partial charge >= 0.3 is 0 Å². The van der Waals surface area contributed by atoms with Crippen molar-refractivity contribution < 1.29 is 0 Å². The third-order valence-electron chi connectivity index (χ3n) is 2.31. The zero-order valence-electron chi connectivity index (χ0n) is 7.95. The maximum absolute atomic E-state index is 4.38. The molecule has 1 aromatic heterocycles. The smallest absolute Gasteiger partial charge is 0.128 e. The number of nitrogens with one attached hydrogen (secondary N) is 1. The highest BCUT2D eigenvalue weighted by Gasteiger charge is 2.14. The first-order valence-electron chi connectivity index (χ1n) is 4.85. The Balaban J connectivity index is 2.04. The molecule has 2 rings (SSSR count). The van der Waals surface area contributed by atoms with Crippen LogP contribution in [0.4, 0.5) is 11.5 Å². The summed E-state index contributed by atoms with van der Waals surface area (Å²) in [7, 11) is 0. The Morgan fingerprint density at radius 2 is 2.31 bits per heavy atom. The molecule has 2 heterocycles. The molecule has 0 spiro atoms. The molecule has 0 atom stereocenters. The quantitative estimate of drug-likeness (QED) is 0.762. The highest BCUT2D eigenvalue weighted by molar-refractivity contribution is 5.49. The van der Waals surface area contributed by atoms with E-state index in [1.807, 2.05) is 6.20 Å². The summed E-state index contributed by atoms with van der Waals surface area (Å²) >= 11 is 0. The zero-order chi connectivity index (χ0) is 9.10. The summed E-state index contributed by atoms with van der Waals surface area (Å²) in [6, 6.07) is 4.17. The van der Waals surface area contributed by atoms with Crippen LogP contribution >= 0.6 is 0 Å². The van der Waals surface area contributed by atoms with E-state index in [1.165, 1.54) is 6.42 Å². The van der Waals surface area contributed by atoms with Gasteiger partial charge in [-0.05, 0) is 25.5 Å². The van der Waals surface area contributed by atoms with E-state index in [4.69, 9.17) is 0 Å². The van der Waals surface area contributed by atoms with Crippen molar-refractivity contribution in [2.45, 2.75) is 13.3 Å². The molecule has 1 aromatic rings. The van der Waals surface area contributed by atoms with Gasteiger partial charge in [0.15, 0.2) is 0 Å². The fourth-order valence-corrected chi connectivity index (χ4v) is 1.43. The van der Waals surface area contributed by atoms with Gasteiger partial charge in [-0.3, -0.25) is 0 Å². The Morgan fingerprint density at radius 1 is 1.46 bits per heavy atom. The average Bonchev–Trinajstić information content (AvgIpc) is 2.06. The molecule has 1 aliphatic heterocycles. The summed E-state index contributed by atoms with van der Waals surface area (Å²) in [5.41, 5.74) is 1.10. The van der Waals surface area contributed by atoms with Crippen LogP contribution in [0.1, 0.15) is 13.3 Å². The Kier molecular flexibility index (Phi) is 2.34. The highest BCUT2D eigenvalue weighted by Crippen LogP contribution is 2.18. The van der Waals surface area contributed by atoms with E-state index in [0.29, 0.717) is 0 Å². The second kappa shape index (κ2) is 3.64. The molecule has 0 unspecified atom stereocenters. The van der Waals surface area contributed by atoms with Crippen molar-refractivity contribution in [1.82, 2.24) is 4.98 Å². The lowest BCUT2D eigenvalue weighted by Crippen LogP contribution is -2.37. The molecule has 1 N–H and O–H groups in total. The number of hydrogen-bond acceptors (Lipinski definition) is 3. The molecule has 0 saturated carbocycles. The number of rotatable bonds is 3. The predicted molar refractivity (Wildman–Crippen MR) is 55.2 cm³/mol. The molecule has 3 heteroatoms. The molecular formula is C10H15N3. The van der Waals surface area contributed by atoms with Gasteiger partial charge < -0.3 is 10.2 Å². The average molecular weight is 177 g/mol. The standard InChI is InChI=1S/C10H15N3/c1-2-11-9-4-5-10(12-8-9)13-6-3-7-13/h4-5,8,11H,2-3,6-7H2,1H3. The summed E-state index contributed by atoms with van der Waals surface area (Å²) < 4.78 is 0. The fraction of sp³-hybridized carbons (Fsp3) is 0.500. The van der Waals surface area contributed by atoms with Crippen LogP contribution in [-0.2, 0) is 0 Å². The van der Waals surface area contributed by atoms with Gasteiger partial charge in [-0.25, -0.2) is 4.98 Å². The molecule has 0 aliphatic carbocycles. The predicted octanol–water partition coefficient (Wildman–Crippen LogP) is 1.72. The normalized spacial score (nSPS) is 15.3. The van der Waals surface area contributed by atoms with Crippen molar-refractivity contribution in [1.29, 1.82) is 0 Å². The minimum Gasteiger partial charge on any atom is -0.384 e. The van der Waals surface area contributed by atoms with Gasteiger partial charge in [0.1, 0.15) is 5.82 Å². The highest BCUT2D eigenvalue weighted by atomic mass is 15.2. The van der Waals surface area contributed by atoms with E-state index in [1.54, 1.807) is 0 Å². The van der Waals surface area contributed by atoms with Gasteiger partial charge in [0.05, 0.1) is 11.9 Å². The molecular weight excluding hydrogens is 162 g/mol. The summed E-state index contributed by atoms with van der Waals surface area (Å²) in [6.45, 7) is 5.36. The maximum atomic E-state index is 4.38. The van der Waals surface area contributed by atoms with Crippen molar-refractivity contribution in [3.63, 3.8) is 0 Å². The summed E-state index contributed by atoms with van der Waals surface area (Å²) in [5.74, 6) is 1.10. The fourth-order valence-electron chi connectivity index (χ4n) is 1.43. The Morgan fingerprint density at radius 3 is 2.77 bits per heavy atom. The van der Waals surface area contributed by atoms with Crippen LogP contribution in [0.3, 0.4) is 0 Å². The third-order valence-corrected chi connectivity index (χ3v) is 2.31. The van der Waals surface area contributed by atoms with Gasteiger partial charge in [-0.2, -0.15) is 0 Å². The van der Waals surface area contributed by atoms with Crippen LogP contribution < -0.4 is 10.2 Å². The molecule has 0 radical (unpaired) electrons. The van der Waals surface area contributed by atoms with Crippen LogP contribution in [0.25, 0.3) is 0 Å². The molecule has 3 nitrogen and oxygen atoms in total.